The molecule has 0 aliphatic carbocycles. The topological polar surface area (TPSA) is 54.0 Å². The highest BCUT2D eigenvalue weighted by Gasteiger charge is 2.27. The van der Waals surface area contributed by atoms with Crippen LogP contribution in [0.2, 0.25) is 5.02 Å². The van der Waals surface area contributed by atoms with E-state index < -0.39 is 25.0 Å². The van der Waals surface area contributed by atoms with Crippen LogP contribution < -0.4 is 10.6 Å². The Kier molecular flexibility index (Phi) is 6.06. The van der Waals surface area contributed by atoms with E-state index in [1.54, 1.807) is 6.07 Å². The van der Waals surface area contributed by atoms with Crippen LogP contribution in [0.5, 0.6) is 0 Å². The molecule has 0 aromatic carbocycles. The van der Waals surface area contributed by atoms with E-state index in [1.165, 1.54) is 6.07 Å². The first-order valence-corrected chi connectivity index (χ1v) is 6.46. The van der Waals surface area contributed by atoms with Gasteiger partial charge in [-0.15, -0.1) is 0 Å². The van der Waals surface area contributed by atoms with E-state index in [2.05, 4.69) is 15.6 Å². The van der Waals surface area contributed by atoms with E-state index in [9.17, 15) is 18.0 Å². The van der Waals surface area contributed by atoms with Crippen molar-refractivity contribution < 1.29 is 18.0 Å². The zero-order valence-electron chi connectivity index (χ0n) is 10.9. The Labute approximate surface area is 119 Å². The summed E-state index contributed by atoms with van der Waals surface area (Å²) in [6.45, 7) is 2.13. The van der Waals surface area contributed by atoms with Crippen molar-refractivity contribution >= 4 is 23.3 Å². The van der Waals surface area contributed by atoms with E-state index in [0.717, 1.165) is 6.42 Å². The molecular weight excluding hydrogens is 295 g/mol. The van der Waals surface area contributed by atoms with Crippen LogP contribution in [0.1, 0.15) is 30.3 Å². The summed E-state index contributed by atoms with van der Waals surface area (Å²) in [6.07, 6.45) is -4.53. The summed E-state index contributed by atoms with van der Waals surface area (Å²) in [5.41, 5.74) is -0.0880. The summed E-state index contributed by atoms with van der Waals surface area (Å²) in [5.74, 6) is -0.267. The summed E-state index contributed by atoms with van der Waals surface area (Å²) >= 11 is 5.82. The first kappa shape index (κ1) is 16.6. The third kappa shape index (κ3) is 5.64. The molecule has 0 spiro atoms. The van der Waals surface area contributed by atoms with Crippen molar-refractivity contribution in [2.45, 2.75) is 25.9 Å². The van der Waals surface area contributed by atoms with Gasteiger partial charge in [0.1, 0.15) is 11.5 Å². The first-order chi connectivity index (χ1) is 9.33. The van der Waals surface area contributed by atoms with Gasteiger partial charge in [-0.3, -0.25) is 4.79 Å². The Bertz CT molecular complexity index is 466. The van der Waals surface area contributed by atoms with Gasteiger partial charge < -0.3 is 10.6 Å². The fourth-order valence-corrected chi connectivity index (χ4v) is 1.55. The van der Waals surface area contributed by atoms with Gasteiger partial charge >= 0.3 is 6.18 Å². The predicted octanol–water partition coefficient (Wildman–Crippen LogP) is 3.24. The van der Waals surface area contributed by atoms with E-state index in [4.69, 9.17) is 11.6 Å². The number of nitrogens with zero attached hydrogens (tertiary/aromatic N) is 1. The van der Waals surface area contributed by atoms with Gasteiger partial charge in [-0.05, 0) is 18.6 Å². The number of nitrogens with one attached hydrogen (secondary N) is 2. The van der Waals surface area contributed by atoms with Gasteiger partial charge in [0.25, 0.3) is 5.91 Å². The Morgan fingerprint density at radius 1 is 1.35 bits per heavy atom. The van der Waals surface area contributed by atoms with Gasteiger partial charge in [0, 0.05) is 13.1 Å². The minimum Gasteiger partial charge on any atom is -0.370 e. The van der Waals surface area contributed by atoms with Gasteiger partial charge in [0.15, 0.2) is 0 Å². The van der Waals surface area contributed by atoms with Gasteiger partial charge in [-0.2, -0.15) is 13.2 Å². The molecule has 0 atom stereocenters. The van der Waals surface area contributed by atoms with Crippen LogP contribution in [0.25, 0.3) is 0 Å². The Balaban J connectivity index is 2.66. The molecule has 1 aromatic heterocycles. The average molecular weight is 310 g/mol. The van der Waals surface area contributed by atoms with Crippen LogP contribution in [0.3, 0.4) is 0 Å². The lowest BCUT2D eigenvalue weighted by molar-refractivity contribution is -0.132. The van der Waals surface area contributed by atoms with Gasteiger partial charge in [-0.1, -0.05) is 18.5 Å². The zero-order chi connectivity index (χ0) is 15.2. The van der Waals surface area contributed by atoms with Gasteiger partial charge in [0.2, 0.25) is 0 Å². The fraction of sp³-hybridized carbons (Fsp3) is 0.500. The molecule has 112 valence electrons. The van der Waals surface area contributed by atoms with E-state index in [1.807, 2.05) is 6.92 Å². The molecule has 1 rings (SSSR count). The monoisotopic (exact) mass is 309 g/mol. The van der Waals surface area contributed by atoms with Crippen LogP contribution in [-0.4, -0.2) is 30.2 Å². The zero-order valence-corrected chi connectivity index (χ0v) is 11.6. The highest BCUT2D eigenvalue weighted by Crippen LogP contribution is 2.19. The lowest BCUT2D eigenvalue weighted by atomic mass is 10.3. The number of alkyl halides is 3. The fourth-order valence-electron chi connectivity index (χ4n) is 1.35. The van der Waals surface area contributed by atoms with Crippen LogP contribution in [0.4, 0.5) is 19.0 Å². The molecule has 20 heavy (non-hydrogen) atoms. The second-order valence-corrected chi connectivity index (χ2v) is 4.48. The third-order valence-corrected chi connectivity index (χ3v) is 2.62. The number of aromatic nitrogens is 1. The minimum absolute atomic E-state index is 0.0880. The molecule has 0 bridgehead atoms. The lowest BCUT2D eigenvalue weighted by Crippen LogP contribution is -2.29. The van der Waals surface area contributed by atoms with Crippen molar-refractivity contribution in [1.82, 2.24) is 10.3 Å². The summed E-state index contributed by atoms with van der Waals surface area (Å²) in [4.78, 5) is 15.7. The van der Waals surface area contributed by atoms with Crippen molar-refractivity contribution in [2.24, 2.45) is 0 Å². The van der Waals surface area contributed by atoms with E-state index in [0.29, 0.717) is 12.4 Å². The molecule has 0 radical (unpaired) electrons. The lowest BCUT2D eigenvalue weighted by Gasteiger charge is -2.10. The average Bonchev–Trinajstić information content (AvgIpc) is 2.36. The van der Waals surface area contributed by atoms with Crippen molar-refractivity contribution in [2.75, 3.05) is 18.4 Å². The van der Waals surface area contributed by atoms with Crippen molar-refractivity contribution in [3.63, 3.8) is 0 Å². The van der Waals surface area contributed by atoms with Crippen molar-refractivity contribution in [1.29, 1.82) is 0 Å². The number of carbonyl (C=O) groups excluding carboxylic acids is 1. The molecule has 0 saturated heterocycles. The van der Waals surface area contributed by atoms with Crippen molar-refractivity contribution in [3.05, 3.63) is 22.8 Å². The highest BCUT2D eigenvalue weighted by molar-refractivity contribution is 6.33. The van der Waals surface area contributed by atoms with E-state index in [-0.39, 0.29) is 10.7 Å². The van der Waals surface area contributed by atoms with Crippen LogP contribution in [-0.2, 0) is 0 Å². The smallest absolute Gasteiger partial charge is 0.370 e. The first-order valence-electron chi connectivity index (χ1n) is 6.09. The number of halogens is 4. The molecule has 4 nitrogen and oxygen atoms in total. The summed E-state index contributed by atoms with van der Waals surface area (Å²) < 4.78 is 36.0. The number of hydrogen-bond acceptors (Lipinski definition) is 3. The van der Waals surface area contributed by atoms with Crippen LogP contribution in [0.15, 0.2) is 12.1 Å². The number of anilines is 1. The second-order valence-electron chi connectivity index (χ2n) is 4.07. The maximum absolute atomic E-state index is 12.0. The number of amides is 1. The third-order valence-electron chi connectivity index (χ3n) is 2.31. The molecule has 8 heteroatoms. The van der Waals surface area contributed by atoms with Crippen LogP contribution >= 0.6 is 11.6 Å². The van der Waals surface area contributed by atoms with Gasteiger partial charge in [-0.25, -0.2) is 4.98 Å². The number of hydrogen-bond donors (Lipinski definition) is 2. The molecule has 1 aromatic rings. The van der Waals surface area contributed by atoms with E-state index >= 15 is 0 Å². The maximum atomic E-state index is 12.0. The normalized spacial score (nSPS) is 11.2. The number of pyridine rings is 1. The predicted molar refractivity (Wildman–Crippen MR) is 71.0 cm³/mol. The molecule has 0 saturated carbocycles. The summed E-state index contributed by atoms with van der Waals surface area (Å²) in [5, 5.41) is 5.21. The Morgan fingerprint density at radius 2 is 2.05 bits per heavy atom. The quantitative estimate of drug-likeness (QED) is 0.848. The molecule has 2 N–H and O–H groups in total. The molecule has 1 amide bonds. The standard InChI is InChI=1S/C12H15ClF3N3O/c1-2-6-17-9-4-3-8(13)10(19-9)11(20)18-7-5-12(14,15)16/h3-4H,2,5-7H2,1H3,(H,17,19)(H,18,20). The number of rotatable bonds is 6. The second kappa shape index (κ2) is 7.33. The highest BCUT2D eigenvalue weighted by atomic mass is 35.5. The molecule has 0 aliphatic heterocycles. The Morgan fingerprint density at radius 3 is 2.65 bits per heavy atom. The Hall–Kier alpha value is -1.50. The van der Waals surface area contributed by atoms with Crippen LogP contribution in [0, 0.1) is 0 Å². The molecule has 0 fully saturated rings. The minimum atomic E-state index is -4.31. The maximum Gasteiger partial charge on any atom is 0.390 e. The molecule has 0 unspecified atom stereocenters. The largest absolute Gasteiger partial charge is 0.390 e. The van der Waals surface area contributed by atoms with Gasteiger partial charge in [0.05, 0.1) is 11.4 Å². The molecular formula is C12H15ClF3N3O. The SMILES string of the molecule is CCCNc1ccc(Cl)c(C(=O)NCCC(F)(F)F)n1. The summed E-state index contributed by atoms with van der Waals surface area (Å²) in [6, 6.07) is 3.08. The number of carbonyl (C=O) groups is 1. The van der Waals surface area contributed by atoms with Crippen molar-refractivity contribution in [3.8, 4) is 0 Å². The molecule has 0 aliphatic rings. The molecule has 1 heterocycles. The summed E-state index contributed by atoms with van der Waals surface area (Å²) in [7, 11) is 0.